The van der Waals surface area contributed by atoms with Crippen LogP contribution in [-0.2, 0) is 6.42 Å². The third kappa shape index (κ3) is 5.88. The number of halogens is 1. The second-order valence-corrected chi connectivity index (χ2v) is 5.51. The molecule has 1 rings (SSSR count). The molecule has 2 heteroatoms. The summed E-state index contributed by atoms with van der Waals surface area (Å²) in [5, 5.41) is 0.877. The molecule has 0 heterocycles. The second kappa shape index (κ2) is 9.41. The highest BCUT2D eigenvalue weighted by Gasteiger charge is 2.09. The first-order valence-electron chi connectivity index (χ1n) is 7.21. The van der Waals surface area contributed by atoms with Crippen LogP contribution in [0, 0.1) is 5.92 Å². The zero-order valence-corrected chi connectivity index (χ0v) is 12.3. The van der Waals surface area contributed by atoms with Gasteiger partial charge in [0.15, 0.2) is 0 Å². The fourth-order valence-corrected chi connectivity index (χ4v) is 2.53. The van der Waals surface area contributed by atoms with Gasteiger partial charge in [-0.25, -0.2) is 0 Å². The van der Waals surface area contributed by atoms with Crippen molar-refractivity contribution < 1.29 is 0 Å². The van der Waals surface area contributed by atoms with Crippen LogP contribution in [0.5, 0.6) is 0 Å². The molecule has 0 fully saturated rings. The number of unbranched alkanes of at least 4 members (excludes halogenated alkanes) is 4. The Morgan fingerprint density at radius 2 is 1.83 bits per heavy atom. The largest absolute Gasteiger partial charge is 0.330 e. The highest BCUT2D eigenvalue weighted by atomic mass is 35.5. The van der Waals surface area contributed by atoms with Crippen molar-refractivity contribution in [3.63, 3.8) is 0 Å². The molecule has 0 aromatic heterocycles. The second-order valence-electron chi connectivity index (χ2n) is 5.10. The first-order chi connectivity index (χ1) is 8.77. The maximum Gasteiger partial charge on any atom is 0.0438 e. The fraction of sp³-hybridized carbons (Fsp3) is 0.625. The number of benzene rings is 1. The lowest BCUT2D eigenvalue weighted by Gasteiger charge is -2.15. The van der Waals surface area contributed by atoms with E-state index in [1.807, 2.05) is 12.1 Å². The Hall–Kier alpha value is -0.530. The van der Waals surface area contributed by atoms with Crippen molar-refractivity contribution >= 4 is 11.6 Å². The zero-order chi connectivity index (χ0) is 13.2. The van der Waals surface area contributed by atoms with Gasteiger partial charge in [0.2, 0.25) is 0 Å². The maximum atomic E-state index is 6.19. The van der Waals surface area contributed by atoms with Crippen molar-refractivity contribution in [3.05, 3.63) is 34.9 Å². The molecule has 102 valence electrons. The average molecular weight is 268 g/mol. The van der Waals surface area contributed by atoms with Crippen LogP contribution in [0.2, 0.25) is 5.02 Å². The molecule has 1 nitrogen and oxygen atoms in total. The van der Waals surface area contributed by atoms with Crippen molar-refractivity contribution in [1.82, 2.24) is 0 Å². The Morgan fingerprint density at radius 3 is 2.50 bits per heavy atom. The maximum absolute atomic E-state index is 6.19. The Kier molecular flexibility index (Phi) is 8.11. The van der Waals surface area contributed by atoms with Crippen molar-refractivity contribution in [2.75, 3.05) is 6.54 Å². The van der Waals surface area contributed by atoms with E-state index in [1.165, 1.54) is 44.1 Å². The summed E-state index contributed by atoms with van der Waals surface area (Å²) in [6, 6.07) is 8.11. The molecule has 0 spiro atoms. The van der Waals surface area contributed by atoms with E-state index in [0.717, 1.165) is 18.0 Å². The lowest BCUT2D eigenvalue weighted by molar-refractivity contribution is 0.458. The van der Waals surface area contributed by atoms with Gasteiger partial charge in [0.25, 0.3) is 0 Å². The van der Waals surface area contributed by atoms with Crippen molar-refractivity contribution in [1.29, 1.82) is 0 Å². The van der Waals surface area contributed by atoms with Gasteiger partial charge in [0.1, 0.15) is 0 Å². The normalized spacial score (nSPS) is 12.6. The molecular weight excluding hydrogens is 242 g/mol. The first-order valence-corrected chi connectivity index (χ1v) is 7.59. The fourth-order valence-electron chi connectivity index (χ4n) is 2.31. The molecule has 0 saturated carbocycles. The monoisotopic (exact) mass is 267 g/mol. The summed E-state index contributed by atoms with van der Waals surface area (Å²) in [6.07, 6.45) is 8.91. The summed E-state index contributed by atoms with van der Waals surface area (Å²) in [5.41, 5.74) is 7.11. The van der Waals surface area contributed by atoms with Gasteiger partial charge in [0, 0.05) is 5.02 Å². The Bertz CT molecular complexity index is 325. The van der Waals surface area contributed by atoms with Gasteiger partial charge in [0.05, 0.1) is 0 Å². The van der Waals surface area contributed by atoms with Crippen LogP contribution in [0.4, 0.5) is 0 Å². The van der Waals surface area contributed by atoms with Crippen LogP contribution >= 0.6 is 11.6 Å². The Labute approximate surface area is 117 Å². The van der Waals surface area contributed by atoms with Crippen LogP contribution in [0.1, 0.15) is 51.0 Å². The molecule has 1 aromatic rings. The predicted octanol–water partition coefficient (Wildman–Crippen LogP) is 4.82. The zero-order valence-electron chi connectivity index (χ0n) is 11.5. The van der Waals surface area contributed by atoms with Crippen LogP contribution < -0.4 is 5.73 Å². The molecule has 0 aliphatic carbocycles. The van der Waals surface area contributed by atoms with E-state index in [0.29, 0.717) is 5.92 Å². The van der Waals surface area contributed by atoms with Gasteiger partial charge in [-0.15, -0.1) is 0 Å². The van der Waals surface area contributed by atoms with Crippen molar-refractivity contribution in [2.24, 2.45) is 11.7 Å². The molecule has 0 aliphatic rings. The van der Waals surface area contributed by atoms with E-state index in [-0.39, 0.29) is 0 Å². The third-order valence-corrected chi connectivity index (χ3v) is 3.88. The number of hydrogen-bond donors (Lipinski definition) is 1. The predicted molar refractivity (Wildman–Crippen MR) is 81.1 cm³/mol. The lowest BCUT2D eigenvalue weighted by Crippen LogP contribution is -2.17. The van der Waals surface area contributed by atoms with E-state index in [1.54, 1.807) is 0 Å². The summed E-state index contributed by atoms with van der Waals surface area (Å²) in [4.78, 5) is 0. The van der Waals surface area contributed by atoms with Gasteiger partial charge in [-0.05, 0) is 36.9 Å². The molecule has 0 amide bonds. The highest BCUT2D eigenvalue weighted by Crippen LogP contribution is 2.21. The standard InChI is InChI=1S/C16H26ClN/c1-2-3-4-5-6-9-14(13-18)12-15-10-7-8-11-16(15)17/h7-8,10-11,14H,2-6,9,12-13,18H2,1H3. The van der Waals surface area contributed by atoms with Gasteiger partial charge in [-0.2, -0.15) is 0 Å². The quantitative estimate of drug-likeness (QED) is 0.638. The first kappa shape index (κ1) is 15.5. The lowest BCUT2D eigenvalue weighted by atomic mass is 9.93. The summed E-state index contributed by atoms with van der Waals surface area (Å²) < 4.78 is 0. The SMILES string of the molecule is CCCCCCCC(CN)Cc1ccccc1Cl. The molecule has 1 unspecified atom stereocenters. The molecular formula is C16H26ClN. The summed E-state index contributed by atoms with van der Waals surface area (Å²) in [7, 11) is 0. The minimum absolute atomic E-state index is 0.575. The van der Waals surface area contributed by atoms with E-state index < -0.39 is 0 Å². The van der Waals surface area contributed by atoms with Gasteiger partial charge in [-0.3, -0.25) is 0 Å². The smallest absolute Gasteiger partial charge is 0.0438 e. The summed E-state index contributed by atoms with van der Waals surface area (Å²) in [6.45, 7) is 3.01. The molecule has 1 aromatic carbocycles. The van der Waals surface area contributed by atoms with Crippen LogP contribution in [0.3, 0.4) is 0 Å². The topological polar surface area (TPSA) is 26.0 Å². The highest BCUT2D eigenvalue weighted by molar-refractivity contribution is 6.31. The minimum Gasteiger partial charge on any atom is -0.330 e. The Morgan fingerprint density at radius 1 is 1.11 bits per heavy atom. The van der Waals surface area contributed by atoms with Crippen molar-refractivity contribution in [3.8, 4) is 0 Å². The van der Waals surface area contributed by atoms with E-state index in [9.17, 15) is 0 Å². The molecule has 1 atom stereocenters. The number of hydrogen-bond acceptors (Lipinski definition) is 1. The van der Waals surface area contributed by atoms with Gasteiger partial charge < -0.3 is 5.73 Å². The molecule has 2 N–H and O–H groups in total. The molecule has 0 aliphatic heterocycles. The Balaban J connectivity index is 2.31. The number of nitrogens with two attached hydrogens (primary N) is 1. The molecule has 0 radical (unpaired) electrons. The summed E-state index contributed by atoms with van der Waals surface area (Å²) >= 11 is 6.19. The van der Waals surface area contributed by atoms with Gasteiger partial charge >= 0.3 is 0 Å². The molecule has 0 bridgehead atoms. The van der Waals surface area contributed by atoms with Crippen molar-refractivity contribution in [2.45, 2.75) is 51.9 Å². The third-order valence-electron chi connectivity index (χ3n) is 3.52. The van der Waals surface area contributed by atoms with Gasteiger partial charge in [-0.1, -0.05) is 68.8 Å². The van der Waals surface area contributed by atoms with E-state index in [2.05, 4.69) is 19.1 Å². The van der Waals surface area contributed by atoms with E-state index >= 15 is 0 Å². The minimum atomic E-state index is 0.575. The van der Waals surface area contributed by atoms with Crippen LogP contribution in [-0.4, -0.2) is 6.54 Å². The van der Waals surface area contributed by atoms with Crippen LogP contribution in [0.25, 0.3) is 0 Å². The average Bonchev–Trinajstić information content (AvgIpc) is 2.39. The molecule has 0 saturated heterocycles. The molecule has 18 heavy (non-hydrogen) atoms. The summed E-state index contributed by atoms with van der Waals surface area (Å²) in [5.74, 6) is 0.575. The van der Waals surface area contributed by atoms with E-state index in [4.69, 9.17) is 17.3 Å². The van der Waals surface area contributed by atoms with Crippen LogP contribution in [0.15, 0.2) is 24.3 Å². The number of rotatable bonds is 9.